The molecule has 2 aliphatic rings. The van der Waals surface area contributed by atoms with Gasteiger partial charge in [-0.05, 0) is 37.9 Å². The summed E-state index contributed by atoms with van der Waals surface area (Å²) in [6, 6.07) is 8.08. The Morgan fingerprint density at radius 3 is 2.89 bits per heavy atom. The fraction of sp³-hybridized carbons (Fsp3) is 0.533. The fourth-order valence-corrected chi connectivity index (χ4v) is 3.37. The van der Waals surface area contributed by atoms with Crippen LogP contribution in [0.3, 0.4) is 0 Å². The van der Waals surface area contributed by atoms with Crippen LogP contribution in [0.5, 0.6) is 0 Å². The number of nitrogens with one attached hydrogen (secondary N) is 1. The van der Waals surface area contributed by atoms with Crippen LogP contribution < -0.4 is 11.1 Å². The van der Waals surface area contributed by atoms with Gasteiger partial charge in [-0.3, -0.25) is 9.69 Å². The summed E-state index contributed by atoms with van der Waals surface area (Å²) in [6.45, 7) is 2.30. The molecular weight excluding hydrogens is 238 g/mol. The number of hydrogen-bond donors (Lipinski definition) is 2. The van der Waals surface area contributed by atoms with E-state index in [4.69, 9.17) is 5.73 Å². The van der Waals surface area contributed by atoms with E-state index in [2.05, 4.69) is 10.2 Å². The zero-order valence-electron chi connectivity index (χ0n) is 11.1. The zero-order chi connectivity index (χ0) is 13.2. The average Bonchev–Trinajstić information content (AvgIpc) is 2.83. The van der Waals surface area contributed by atoms with Gasteiger partial charge >= 0.3 is 0 Å². The number of fused-ring (bicyclic) bond motifs is 1. The van der Waals surface area contributed by atoms with Crippen molar-refractivity contribution in [1.29, 1.82) is 0 Å². The molecular formula is C15H21N3O. The smallest absolute Gasteiger partial charge is 0.253 e. The first-order valence-corrected chi connectivity index (χ1v) is 7.15. The van der Waals surface area contributed by atoms with Gasteiger partial charge in [-0.15, -0.1) is 0 Å². The number of anilines is 1. The Morgan fingerprint density at radius 2 is 2.05 bits per heavy atom. The third kappa shape index (κ3) is 2.45. The number of amides is 1. The van der Waals surface area contributed by atoms with E-state index in [0.717, 1.165) is 13.0 Å². The van der Waals surface area contributed by atoms with Gasteiger partial charge in [-0.2, -0.15) is 0 Å². The Morgan fingerprint density at radius 1 is 1.21 bits per heavy atom. The molecule has 2 saturated heterocycles. The molecule has 3 N–H and O–H groups in total. The van der Waals surface area contributed by atoms with Crippen LogP contribution in [0, 0.1) is 0 Å². The molecule has 2 heterocycles. The molecule has 4 nitrogen and oxygen atoms in total. The van der Waals surface area contributed by atoms with Crippen molar-refractivity contribution < 1.29 is 4.79 Å². The summed E-state index contributed by atoms with van der Waals surface area (Å²) in [7, 11) is 0. The third-order valence-electron chi connectivity index (χ3n) is 4.38. The second kappa shape index (κ2) is 5.21. The van der Waals surface area contributed by atoms with E-state index < -0.39 is 0 Å². The maximum atomic E-state index is 12.3. The molecule has 19 heavy (non-hydrogen) atoms. The number of hydrogen-bond acceptors (Lipinski definition) is 3. The van der Waals surface area contributed by atoms with Gasteiger partial charge < -0.3 is 11.1 Å². The second-order valence-electron chi connectivity index (χ2n) is 5.55. The molecule has 2 atom stereocenters. The van der Waals surface area contributed by atoms with E-state index in [1.54, 1.807) is 12.1 Å². The van der Waals surface area contributed by atoms with Crippen molar-refractivity contribution in [2.75, 3.05) is 18.8 Å². The van der Waals surface area contributed by atoms with Crippen molar-refractivity contribution in [3.8, 4) is 0 Å². The van der Waals surface area contributed by atoms with Crippen molar-refractivity contribution in [2.45, 2.75) is 37.8 Å². The first kappa shape index (κ1) is 12.5. The summed E-state index contributed by atoms with van der Waals surface area (Å²) in [5, 5.41) is 3.17. The number of carbonyl (C=O) groups excluding carboxylic acids is 1. The minimum Gasteiger partial charge on any atom is -0.398 e. The normalized spacial score (nSPS) is 26.9. The molecule has 102 valence electrons. The number of nitrogens with zero attached hydrogens (tertiary/aromatic N) is 1. The molecule has 0 spiro atoms. The topological polar surface area (TPSA) is 58.4 Å². The first-order chi connectivity index (χ1) is 9.25. The summed E-state index contributed by atoms with van der Waals surface area (Å²) in [6.07, 6.45) is 4.84. The van der Waals surface area contributed by atoms with Gasteiger partial charge in [0.2, 0.25) is 0 Å². The molecule has 0 bridgehead atoms. The lowest BCUT2D eigenvalue weighted by Crippen LogP contribution is -2.46. The molecule has 0 saturated carbocycles. The van der Waals surface area contributed by atoms with Gasteiger partial charge in [0, 0.05) is 24.3 Å². The monoisotopic (exact) mass is 259 g/mol. The summed E-state index contributed by atoms with van der Waals surface area (Å²) < 4.78 is 0. The van der Waals surface area contributed by atoms with Gasteiger partial charge in [-0.1, -0.05) is 18.6 Å². The fourth-order valence-electron chi connectivity index (χ4n) is 3.37. The van der Waals surface area contributed by atoms with Crippen LogP contribution in [0.2, 0.25) is 0 Å². The summed E-state index contributed by atoms with van der Waals surface area (Å²) in [4.78, 5) is 14.8. The standard InChI is InChI=1S/C15H21N3O/c16-12-6-2-1-5-11(12)15(19)17-13-8-10-18-9-4-3-7-14(13)18/h1-2,5-6,13-14H,3-4,7-10,16H2,(H,17,19). The van der Waals surface area contributed by atoms with E-state index in [1.807, 2.05) is 12.1 Å². The van der Waals surface area contributed by atoms with Crippen molar-refractivity contribution in [3.05, 3.63) is 29.8 Å². The maximum absolute atomic E-state index is 12.3. The molecule has 1 aromatic carbocycles. The second-order valence-corrected chi connectivity index (χ2v) is 5.55. The average molecular weight is 259 g/mol. The van der Waals surface area contributed by atoms with Crippen molar-refractivity contribution in [3.63, 3.8) is 0 Å². The van der Waals surface area contributed by atoms with Crippen LogP contribution in [-0.2, 0) is 0 Å². The van der Waals surface area contributed by atoms with E-state index in [-0.39, 0.29) is 11.9 Å². The summed E-state index contributed by atoms with van der Waals surface area (Å²) >= 11 is 0. The molecule has 2 fully saturated rings. The molecule has 1 aromatic rings. The Hall–Kier alpha value is -1.55. The first-order valence-electron chi connectivity index (χ1n) is 7.15. The van der Waals surface area contributed by atoms with Crippen molar-refractivity contribution in [1.82, 2.24) is 10.2 Å². The number of benzene rings is 1. The number of piperidine rings is 1. The maximum Gasteiger partial charge on any atom is 0.253 e. The quantitative estimate of drug-likeness (QED) is 0.794. The molecule has 1 amide bonds. The Balaban J connectivity index is 1.68. The molecule has 3 rings (SSSR count). The Labute approximate surface area is 114 Å². The van der Waals surface area contributed by atoms with Crippen LogP contribution in [0.15, 0.2) is 24.3 Å². The van der Waals surface area contributed by atoms with Crippen molar-refractivity contribution >= 4 is 11.6 Å². The highest BCUT2D eigenvalue weighted by atomic mass is 16.1. The van der Waals surface area contributed by atoms with E-state index in [1.165, 1.54) is 25.8 Å². The SMILES string of the molecule is Nc1ccccc1C(=O)NC1CCN2CCCCC12. The molecule has 0 radical (unpaired) electrons. The lowest BCUT2D eigenvalue weighted by atomic mass is 9.98. The lowest BCUT2D eigenvalue weighted by Gasteiger charge is -2.32. The highest BCUT2D eigenvalue weighted by Crippen LogP contribution is 2.27. The van der Waals surface area contributed by atoms with Gasteiger partial charge in [-0.25, -0.2) is 0 Å². The number of nitrogens with two attached hydrogens (primary N) is 1. The number of nitrogen functional groups attached to an aromatic ring is 1. The molecule has 0 aromatic heterocycles. The Bertz CT molecular complexity index is 474. The van der Waals surface area contributed by atoms with Gasteiger partial charge in [0.25, 0.3) is 5.91 Å². The molecule has 2 aliphatic heterocycles. The van der Waals surface area contributed by atoms with Crippen LogP contribution in [0.25, 0.3) is 0 Å². The van der Waals surface area contributed by atoms with E-state index in [9.17, 15) is 4.79 Å². The van der Waals surface area contributed by atoms with Gasteiger partial charge in [0.15, 0.2) is 0 Å². The minimum atomic E-state index is -0.0319. The lowest BCUT2D eigenvalue weighted by molar-refractivity contribution is 0.0916. The zero-order valence-corrected chi connectivity index (χ0v) is 11.1. The van der Waals surface area contributed by atoms with Gasteiger partial charge in [0.1, 0.15) is 0 Å². The molecule has 0 aliphatic carbocycles. The van der Waals surface area contributed by atoms with Gasteiger partial charge in [0.05, 0.1) is 5.56 Å². The van der Waals surface area contributed by atoms with Crippen LogP contribution >= 0.6 is 0 Å². The highest BCUT2D eigenvalue weighted by Gasteiger charge is 2.36. The molecule has 4 heteroatoms. The largest absolute Gasteiger partial charge is 0.398 e. The van der Waals surface area contributed by atoms with Crippen molar-refractivity contribution in [2.24, 2.45) is 0 Å². The van der Waals surface area contributed by atoms with E-state index >= 15 is 0 Å². The predicted molar refractivity (Wildman–Crippen MR) is 75.9 cm³/mol. The van der Waals surface area contributed by atoms with E-state index in [0.29, 0.717) is 17.3 Å². The number of carbonyl (C=O) groups is 1. The Kier molecular flexibility index (Phi) is 3.42. The van der Waals surface area contributed by atoms with Crippen LogP contribution in [-0.4, -0.2) is 36.0 Å². The summed E-state index contributed by atoms with van der Waals surface area (Å²) in [5.74, 6) is -0.0319. The minimum absolute atomic E-state index is 0.0319. The predicted octanol–water partition coefficient (Wildman–Crippen LogP) is 1.63. The van der Waals surface area contributed by atoms with Crippen LogP contribution in [0.4, 0.5) is 5.69 Å². The number of para-hydroxylation sites is 1. The highest BCUT2D eigenvalue weighted by molar-refractivity contribution is 5.99. The molecule has 2 unspecified atom stereocenters. The third-order valence-corrected chi connectivity index (χ3v) is 4.38. The summed E-state index contributed by atoms with van der Waals surface area (Å²) in [5.41, 5.74) is 7.00. The number of rotatable bonds is 2. The van der Waals surface area contributed by atoms with Crippen LogP contribution in [0.1, 0.15) is 36.0 Å².